The lowest BCUT2D eigenvalue weighted by molar-refractivity contribution is -0.0123. The van der Waals surface area contributed by atoms with Crippen LogP contribution in [0.5, 0.6) is 11.9 Å². The van der Waals surface area contributed by atoms with Gasteiger partial charge in [-0.1, -0.05) is 18.0 Å². The Morgan fingerprint density at radius 2 is 2.00 bits per heavy atom. The summed E-state index contributed by atoms with van der Waals surface area (Å²) in [5, 5.41) is 19.9. The molecular weight excluding hydrogens is 625 g/mol. The average Bonchev–Trinajstić information content (AvgIpc) is 3.67. The van der Waals surface area contributed by atoms with Crippen molar-refractivity contribution < 1.29 is 23.7 Å². The van der Waals surface area contributed by atoms with Crippen molar-refractivity contribution in [3.05, 3.63) is 28.7 Å². The summed E-state index contributed by atoms with van der Waals surface area (Å²) >= 11 is 6.84. The predicted molar refractivity (Wildman–Crippen MR) is 177 cm³/mol. The van der Waals surface area contributed by atoms with Gasteiger partial charge in [0.25, 0.3) is 0 Å². The third-order valence-electron chi connectivity index (χ3n) is 10.7. The number of halogens is 2. The SMILES string of the molecule is COc1nc(-c2c(C3CC3)c(Cl)cc3[nH]ncc23)c(F)c2nc(OCC34CCCC3N(C)CCC4)nc(N3CCOCC(C)(O)C3)c12. The maximum absolute atomic E-state index is 17.3. The number of piperidine rings is 1. The Bertz CT molecular complexity index is 1850. The van der Waals surface area contributed by atoms with Crippen LogP contribution in [-0.2, 0) is 4.74 Å². The number of H-pyrrole nitrogens is 1. The van der Waals surface area contributed by atoms with Crippen LogP contribution in [0.2, 0.25) is 5.02 Å². The van der Waals surface area contributed by atoms with Gasteiger partial charge in [0.2, 0.25) is 5.88 Å². The summed E-state index contributed by atoms with van der Waals surface area (Å²) in [5.41, 5.74) is 1.10. The second-order valence-corrected chi connectivity index (χ2v) is 14.6. The minimum Gasteiger partial charge on any atom is -0.480 e. The Balaban J connectivity index is 1.32. The molecule has 250 valence electrons. The Labute approximate surface area is 277 Å². The van der Waals surface area contributed by atoms with Crippen LogP contribution in [0.3, 0.4) is 0 Å². The number of ether oxygens (including phenoxy) is 3. The summed E-state index contributed by atoms with van der Waals surface area (Å²) < 4.78 is 35.4. The Morgan fingerprint density at radius 1 is 1.17 bits per heavy atom. The van der Waals surface area contributed by atoms with Crippen LogP contribution in [0, 0.1) is 11.2 Å². The molecular formula is C34H41ClFN7O4. The Kier molecular flexibility index (Phi) is 7.70. The van der Waals surface area contributed by atoms with Crippen LogP contribution in [0.25, 0.3) is 33.1 Å². The molecule has 47 heavy (non-hydrogen) atoms. The number of nitrogens with zero attached hydrogens (tertiary/aromatic N) is 6. The predicted octanol–water partition coefficient (Wildman–Crippen LogP) is 5.48. The lowest BCUT2D eigenvalue weighted by atomic mass is 9.76. The monoisotopic (exact) mass is 665 g/mol. The van der Waals surface area contributed by atoms with Gasteiger partial charge in [0.1, 0.15) is 28.0 Å². The van der Waals surface area contributed by atoms with E-state index in [9.17, 15) is 5.11 Å². The van der Waals surface area contributed by atoms with E-state index in [1.54, 1.807) is 13.1 Å². The second-order valence-electron chi connectivity index (χ2n) is 14.2. The molecule has 4 aromatic rings. The number of aromatic nitrogens is 5. The number of aliphatic hydroxyl groups is 1. The molecule has 2 aliphatic carbocycles. The number of anilines is 1. The molecule has 13 heteroatoms. The number of hydrogen-bond donors (Lipinski definition) is 2. The van der Waals surface area contributed by atoms with Gasteiger partial charge in [0.05, 0.1) is 45.2 Å². The fourth-order valence-corrected chi connectivity index (χ4v) is 8.74. The summed E-state index contributed by atoms with van der Waals surface area (Å²) in [6.45, 7) is 4.39. The van der Waals surface area contributed by atoms with Crippen LogP contribution in [0.1, 0.15) is 63.4 Å². The second kappa shape index (κ2) is 11.7. The number of hydrogen-bond acceptors (Lipinski definition) is 10. The van der Waals surface area contributed by atoms with Gasteiger partial charge in [-0.25, -0.2) is 9.37 Å². The lowest BCUT2D eigenvalue weighted by Crippen LogP contribution is -2.50. The number of likely N-dealkylation sites (tertiary alicyclic amines) is 1. The van der Waals surface area contributed by atoms with Gasteiger partial charge in [-0.2, -0.15) is 15.1 Å². The first kappa shape index (κ1) is 31.0. The standard InChI is InChI=1S/C34H41ClFN7O4/c1-33(44)16-43(12-13-46-17-33)30-26-29(39-32(40-30)47-18-34-9-4-6-23(34)42(2)11-5-10-34)27(36)28(38-31(26)45-3)25-20-15-37-41-22(20)14-21(35)24(25)19-7-8-19/h14-15,19,23,44H,4-13,16-18H2,1-3H3,(H,37,41). The molecule has 0 spiro atoms. The van der Waals surface area contributed by atoms with Crippen LogP contribution in [0.4, 0.5) is 10.2 Å². The summed E-state index contributed by atoms with van der Waals surface area (Å²) in [6, 6.07) is 2.36. The molecule has 2 aliphatic heterocycles. The zero-order chi connectivity index (χ0) is 32.5. The third-order valence-corrected chi connectivity index (χ3v) is 11.0. The molecule has 0 amide bonds. The van der Waals surface area contributed by atoms with Crippen molar-refractivity contribution in [1.29, 1.82) is 0 Å². The van der Waals surface area contributed by atoms with Crippen LogP contribution in [-0.4, -0.2) is 100 Å². The molecule has 4 fully saturated rings. The molecule has 3 atom stereocenters. The van der Waals surface area contributed by atoms with Gasteiger partial charge in [0, 0.05) is 34.0 Å². The number of benzene rings is 1. The van der Waals surface area contributed by atoms with Crippen molar-refractivity contribution in [3.63, 3.8) is 0 Å². The van der Waals surface area contributed by atoms with E-state index >= 15 is 4.39 Å². The van der Waals surface area contributed by atoms with Crippen molar-refractivity contribution in [2.75, 3.05) is 58.5 Å². The van der Waals surface area contributed by atoms with Gasteiger partial charge in [-0.3, -0.25) is 5.10 Å². The van der Waals surface area contributed by atoms with Crippen molar-refractivity contribution in [1.82, 2.24) is 30.0 Å². The van der Waals surface area contributed by atoms with E-state index in [4.69, 9.17) is 40.8 Å². The minimum absolute atomic E-state index is 0.00191. The van der Waals surface area contributed by atoms with E-state index in [1.807, 2.05) is 11.0 Å². The van der Waals surface area contributed by atoms with Crippen molar-refractivity contribution in [3.8, 4) is 23.1 Å². The van der Waals surface area contributed by atoms with E-state index in [2.05, 4.69) is 22.1 Å². The molecule has 3 aromatic heterocycles. The molecule has 11 nitrogen and oxygen atoms in total. The molecule has 1 aromatic carbocycles. The highest BCUT2D eigenvalue weighted by atomic mass is 35.5. The normalized spacial score (nSPS) is 26.9. The number of fused-ring (bicyclic) bond motifs is 3. The fraction of sp³-hybridized carbons (Fsp3) is 0.588. The molecule has 0 radical (unpaired) electrons. The van der Waals surface area contributed by atoms with Crippen molar-refractivity contribution in [2.45, 2.75) is 69.4 Å². The first-order valence-electron chi connectivity index (χ1n) is 16.7. The quantitative estimate of drug-likeness (QED) is 0.263. The van der Waals surface area contributed by atoms with E-state index in [-0.39, 0.29) is 47.6 Å². The average molecular weight is 666 g/mol. The first-order chi connectivity index (χ1) is 22.7. The lowest BCUT2D eigenvalue weighted by Gasteiger charge is -2.44. The highest BCUT2D eigenvalue weighted by molar-refractivity contribution is 6.33. The number of aromatic amines is 1. The third kappa shape index (κ3) is 5.37. The molecule has 4 aliphatic rings. The number of nitrogens with one attached hydrogen (secondary N) is 1. The van der Waals surface area contributed by atoms with E-state index in [1.165, 1.54) is 7.11 Å². The zero-order valence-electron chi connectivity index (χ0n) is 27.1. The number of methoxy groups -OCH3 is 1. The first-order valence-corrected chi connectivity index (χ1v) is 17.0. The molecule has 8 rings (SSSR count). The topological polar surface area (TPSA) is 122 Å². The molecule has 3 unspecified atom stereocenters. The van der Waals surface area contributed by atoms with Gasteiger partial charge in [0.15, 0.2) is 5.82 Å². The highest BCUT2D eigenvalue weighted by Crippen LogP contribution is 2.51. The number of pyridine rings is 1. The zero-order valence-corrected chi connectivity index (χ0v) is 27.9. The number of rotatable bonds is 7. The largest absolute Gasteiger partial charge is 0.480 e. The van der Waals surface area contributed by atoms with E-state index in [0.717, 1.165) is 62.4 Å². The molecule has 2 N–H and O–H groups in total. The maximum atomic E-state index is 17.3. The Morgan fingerprint density at radius 3 is 2.81 bits per heavy atom. The van der Waals surface area contributed by atoms with Gasteiger partial charge < -0.3 is 29.1 Å². The van der Waals surface area contributed by atoms with Gasteiger partial charge in [-0.05, 0) is 76.6 Å². The molecule has 5 heterocycles. The molecule has 0 bridgehead atoms. The summed E-state index contributed by atoms with van der Waals surface area (Å²) in [7, 11) is 3.70. The number of β-amino-alcohol motifs (C(OH)–C–C–N with tert-alkyl or cyclic N) is 1. The minimum atomic E-state index is -1.16. The van der Waals surface area contributed by atoms with Crippen LogP contribution >= 0.6 is 11.6 Å². The van der Waals surface area contributed by atoms with Crippen molar-refractivity contribution >= 4 is 39.2 Å². The van der Waals surface area contributed by atoms with Gasteiger partial charge in [-0.15, -0.1) is 0 Å². The van der Waals surface area contributed by atoms with E-state index < -0.39 is 11.4 Å². The fourth-order valence-electron chi connectivity index (χ4n) is 8.38. The molecule has 2 saturated heterocycles. The van der Waals surface area contributed by atoms with Crippen LogP contribution in [0.15, 0.2) is 12.3 Å². The van der Waals surface area contributed by atoms with Crippen LogP contribution < -0.4 is 14.4 Å². The molecule has 2 saturated carbocycles. The summed E-state index contributed by atoms with van der Waals surface area (Å²) in [4.78, 5) is 18.8. The Hall–Kier alpha value is -3.32. The summed E-state index contributed by atoms with van der Waals surface area (Å²) in [6.07, 6.45) is 9.14. The smallest absolute Gasteiger partial charge is 0.319 e. The van der Waals surface area contributed by atoms with E-state index in [0.29, 0.717) is 53.1 Å². The highest BCUT2D eigenvalue weighted by Gasteiger charge is 2.47. The summed E-state index contributed by atoms with van der Waals surface area (Å²) in [5.74, 6) is 0.137. The van der Waals surface area contributed by atoms with Gasteiger partial charge >= 0.3 is 6.01 Å². The maximum Gasteiger partial charge on any atom is 0.319 e. The van der Waals surface area contributed by atoms with Crippen molar-refractivity contribution in [2.24, 2.45) is 5.41 Å².